The van der Waals surface area contributed by atoms with E-state index in [2.05, 4.69) is 75.6 Å². The van der Waals surface area contributed by atoms with Crippen molar-refractivity contribution in [1.82, 2.24) is 15.5 Å². The average molecular weight is 732 g/mol. The first kappa shape index (κ1) is 42.6. The van der Waals surface area contributed by atoms with Gasteiger partial charge in [0, 0.05) is 11.2 Å². The smallest absolute Gasteiger partial charge is 0.327 e. The van der Waals surface area contributed by atoms with Gasteiger partial charge in [-0.15, -0.1) is 11.8 Å². The number of β-lactam (4-membered cyclic amide) rings is 1. The van der Waals surface area contributed by atoms with Crippen LogP contribution in [0, 0.1) is 0 Å². The number of nitrogens with one attached hydrogen (secondary N) is 2. The Kier molecular flexibility index (Phi) is 16.7. The number of nitrogens with zero attached hydrogens (tertiary/aromatic N) is 1. The topological polar surface area (TPSA) is 116 Å². The lowest BCUT2D eigenvalue weighted by atomic mass is 9.95. The number of fused-ring (bicyclic) bond motifs is 1. The number of carbonyl (C=O) groups excluding carboxylic acids is 3. The quantitative estimate of drug-likeness (QED) is 0.0700. The van der Waals surface area contributed by atoms with Crippen LogP contribution in [0.4, 0.5) is 0 Å². The average Bonchev–Trinajstić information content (AvgIpc) is 3.34. The molecule has 0 aliphatic carbocycles. The maximum atomic E-state index is 13.5. The minimum Gasteiger partial charge on any atom is -0.480 e. The fraction of sp³-hybridized carbons (Fsp3) is 0.535. The predicted molar refractivity (Wildman–Crippen MR) is 214 cm³/mol. The molecular weight excluding hydrogens is 671 g/mol. The van der Waals surface area contributed by atoms with E-state index in [9.17, 15) is 24.3 Å². The molecule has 2 fully saturated rings. The van der Waals surface area contributed by atoms with Crippen LogP contribution in [-0.4, -0.2) is 55.9 Å². The number of aliphatic carboxylic acids is 1. The van der Waals surface area contributed by atoms with Crippen molar-refractivity contribution < 1.29 is 24.3 Å². The fourth-order valence-electron chi connectivity index (χ4n) is 6.62. The number of carboxylic acids is 1. The van der Waals surface area contributed by atoms with Crippen LogP contribution in [0.3, 0.4) is 0 Å². The Morgan fingerprint density at radius 3 is 1.79 bits per heavy atom. The van der Waals surface area contributed by atoms with Gasteiger partial charge in [-0.2, -0.15) is 0 Å². The Labute approximate surface area is 316 Å². The SMILES string of the molecule is CC(C)=CCC/C=C(\C)CC/C=C(\C)CC/C=C(\C)CC/C=C(\C)CCC(=O)N[C@@H](C(=O)N[C@@H]1C(=O)N2[C@@H]1SC(C)(C)[C@@H]2C(=O)O)c1ccccc1. The molecule has 52 heavy (non-hydrogen) atoms. The number of hydrogen-bond donors (Lipinski definition) is 3. The summed E-state index contributed by atoms with van der Waals surface area (Å²) in [5.41, 5.74) is 7.39. The summed E-state index contributed by atoms with van der Waals surface area (Å²) in [6.07, 6.45) is 20.8. The number of rotatable bonds is 20. The van der Waals surface area contributed by atoms with Gasteiger partial charge in [-0.3, -0.25) is 14.4 Å². The monoisotopic (exact) mass is 731 g/mol. The van der Waals surface area contributed by atoms with Crippen LogP contribution in [-0.2, 0) is 19.2 Å². The maximum absolute atomic E-state index is 13.5. The highest BCUT2D eigenvalue weighted by Gasteiger charge is 2.64. The molecular formula is C43H61N3O5S. The summed E-state index contributed by atoms with van der Waals surface area (Å²) in [6, 6.07) is 6.15. The molecule has 0 bridgehead atoms. The van der Waals surface area contributed by atoms with E-state index in [1.54, 1.807) is 38.1 Å². The van der Waals surface area contributed by atoms with E-state index in [0.717, 1.165) is 56.9 Å². The van der Waals surface area contributed by atoms with Crippen molar-refractivity contribution in [3.8, 4) is 0 Å². The third kappa shape index (κ3) is 13.0. The van der Waals surface area contributed by atoms with Gasteiger partial charge in [-0.25, -0.2) is 4.79 Å². The number of carbonyl (C=O) groups is 4. The minimum atomic E-state index is -1.06. The van der Waals surface area contributed by atoms with Crippen molar-refractivity contribution in [2.24, 2.45) is 0 Å². The molecule has 1 aromatic rings. The van der Waals surface area contributed by atoms with Crippen molar-refractivity contribution in [1.29, 1.82) is 0 Å². The van der Waals surface area contributed by atoms with Crippen LogP contribution >= 0.6 is 11.8 Å². The number of benzene rings is 1. The van der Waals surface area contributed by atoms with Gasteiger partial charge < -0.3 is 20.6 Å². The van der Waals surface area contributed by atoms with E-state index in [0.29, 0.717) is 12.0 Å². The molecule has 0 unspecified atom stereocenters. The Hall–Kier alpha value is -3.85. The molecule has 3 N–H and O–H groups in total. The first-order valence-electron chi connectivity index (χ1n) is 18.7. The number of unbranched alkanes of at least 4 members (excludes halogenated alkanes) is 1. The minimum absolute atomic E-state index is 0.230. The maximum Gasteiger partial charge on any atom is 0.327 e. The molecule has 2 heterocycles. The fourth-order valence-corrected chi connectivity index (χ4v) is 8.25. The zero-order valence-electron chi connectivity index (χ0n) is 32.6. The van der Waals surface area contributed by atoms with E-state index < -0.39 is 46.0 Å². The highest BCUT2D eigenvalue weighted by Crippen LogP contribution is 2.50. The number of thioether (sulfide) groups is 1. The lowest BCUT2D eigenvalue weighted by molar-refractivity contribution is -0.161. The van der Waals surface area contributed by atoms with Gasteiger partial charge in [0.25, 0.3) is 0 Å². The Morgan fingerprint density at radius 1 is 0.769 bits per heavy atom. The van der Waals surface area contributed by atoms with E-state index in [-0.39, 0.29) is 12.3 Å². The molecule has 1 aromatic carbocycles. The van der Waals surface area contributed by atoms with Gasteiger partial charge in [0.15, 0.2) is 0 Å². The second-order valence-electron chi connectivity index (χ2n) is 15.2. The second kappa shape index (κ2) is 20.4. The Morgan fingerprint density at radius 2 is 1.27 bits per heavy atom. The zero-order chi connectivity index (χ0) is 38.4. The van der Waals surface area contributed by atoms with Gasteiger partial charge in [0.05, 0.1) is 0 Å². The number of hydrogen-bond acceptors (Lipinski definition) is 5. The predicted octanol–water partition coefficient (Wildman–Crippen LogP) is 9.13. The molecule has 4 atom stereocenters. The van der Waals surface area contributed by atoms with Crippen LogP contribution < -0.4 is 10.6 Å². The highest BCUT2D eigenvalue weighted by atomic mass is 32.2. The molecule has 9 heteroatoms. The summed E-state index contributed by atoms with van der Waals surface area (Å²) in [4.78, 5) is 52.8. The van der Waals surface area contributed by atoms with E-state index in [1.807, 2.05) is 13.0 Å². The standard InChI is InChI=1S/C43H61N3O5S/c1-29(2)17-12-13-18-30(3)19-14-20-31(4)21-15-22-32(5)23-16-24-33(6)27-28-35(47)44-36(34-25-10-9-11-26-34)39(48)45-37-40(49)46-38(42(50)51)43(7,8)52-41(37)46/h9-11,17-18,20,22,24-26,36-38,41H,12-16,19,21,23,27-28H2,1-8H3,(H,44,47)(H,45,48)(H,50,51)/b30-18+,31-20+,32-22+,33-24+/t36-,37-,38+,41-/m1/s1. The molecule has 284 valence electrons. The van der Waals surface area contributed by atoms with E-state index >= 15 is 0 Å². The molecule has 2 aliphatic rings. The molecule has 2 saturated heterocycles. The third-order valence-electron chi connectivity index (χ3n) is 9.73. The first-order valence-corrected chi connectivity index (χ1v) is 19.6. The molecule has 0 aromatic heterocycles. The van der Waals surface area contributed by atoms with Crippen molar-refractivity contribution in [3.63, 3.8) is 0 Å². The Balaban J connectivity index is 1.42. The van der Waals surface area contributed by atoms with Gasteiger partial charge >= 0.3 is 5.97 Å². The summed E-state index contributed by atoms with van der Waals surface area (Å²) < 4.78 is -0.696. The Bertz CT molecular complexity index is 1570. The van der Waals surface area contributed by atoms with Gasteiger partial charge in [-0.05, 0) is 119 Å². The summed E-state index contributed by atoms with van der Waals surface area (Å²) in [7, 11) is 0. The first-order chi connectivity index (χ1) is 24.6. The lowest BCUT2D eigenvalue weighted by Crippen LogP contribution is -2.71. The van der Waals surface area contributed by atoms with Crippen molar-refractivity contribution >= 4 is 35.5 Å². The molecule has 0 spiro atoms. The van der Waals surface area contributed by atoms with Crippen LogP contribution in [0.25, 0.3) is 0 Å². The molecule has 0 radical (unpaired) electrons. The summed E-state index contributed by atoms with van der Waals surface area (Å²) in [5, 5.41) is 14.9. The normalized spacial score (nSPS) is 20.9. The highest BCUT2D eigenvalue weighted by molar-refractivity contribution is 8.01. The van der Waals surface area contributed by atoms with E-state index in [1.165, 1.54) is 39.0 Å². The van der Waals surface area contributed by atoms with Gasteiger partial charge in [0.2, 0.25) is 17.7 Å². The number of carboxylic acid groups (broad SMARTS) is 1. The van der Waals surface area contributed by atoms with Crippen molar-refractivity contribution in [3.05, 3.63) is 94.1 Å². The van der Waals surface area contributed by atoms with Crippen LogP contribution in [0.5, 0.6) is 0 Å². The van der Waals surface area contributed by atoms with Crippen LogP contribution in [0.15, 0.2) is 88.6 Å². The van der Waals surface area contributed by atoms with E-state index in [4.69, 9.17) is 0 Å². The molecule has 3 rings (SSSR count). The molecule has 8 nitrogen and oxygen atoms in total. The van der Waals surface area contributed by atoms with Crippen LogP contribution in [0.2, 0.25) is 0 Å². The summed E-state index contributed by atoms with van der Waals surface area (Å²) in [5.74, 6) is -2.24. The zero-order valence-corrected chi connectivity index (χ0v) is 33.4. The van der Waals surface area contributed by atoms with Gasteiger partial charge in [0.1, 0.15) is 23.5 Å². The third-order valence-corrected chi connectivity index (χ3v) is 11.3. The molecule has 0 saturated carbocycles. The summed E-state index contributed by atoms with van der Waals surface area (Å²) >= 11 is 1.37. The number of allylic oxidation sites excluding steroid dienone is 10. The van der Waals surface area contributed by atoms with Crippen molar-refractivity contribution in [2.45, 2.75) is 148 Å². The summed E-state index contributed by atoms with van der Waals surface area (Å²) in [6.45, 7) is 16.5. The number of amides is 3. The van der Waals surface area contributed by atoms with Crippen molar-refractivity contribution in [2.75, 3.05) is 0 Å². The second-order valence-corrected chi connectivity index (χ2v) is 16.9. The van der Waals surface area contributed by atoms with Gasteiger partial charge in [-0.1, -0.05) is 88.6 Å². The molecule has 2 aliphatic heterocycles. The van der Waals surface area contributed by atoms with Crippen LogP contribution in [0.1, 0.15) is 131 Å². The molecule has 3 amide bonds. The lowest BCUT2D eigenvalue weighted by Gasteiger charge is -2.44. The largest absolute Gasteiger partial charge is 0.480 e.